The third-order valence-corrected chi connectivity index (χ3v) is 3.79. The Morgan fingerprint density at radius 3 is 2.62 bits per heavy atom. The van der Waals surface area contributed by atoms with Gasteiger partial charge in [-0.15, -0.1) is 0 Å². The van der Waals surface area contributed by atoms with Crippen LogP contribution in [0.5, 0.6) is 5.75 Å². The van der Waals surface area contributed by atoms with E-state index in [4.69, 9.17) is 23.2 Å². The first-order chi connectivity index (χ1) is 12.4. The minimum atomic E-state index is -3.00. The number of carbonyl (C=O) groups excluding carboxylic acids is 1. The Hall–Kier alpha value is -1.80. The van der Waals surface area contributed by atoms with Crippen molar-refractivity contribution in [3.8, 4) is 5.75 Å². The molecule has 0 aliphatic heterocycles. The van der Waals surface area contributed by atoms with Gasteiger partial charge >= 0.3 is 12.6 Å². The van der Waals surface area contributed by atoms with Crippen molar-refractivity contribution in [3.63, 3.8) is 0 Å². The van der Waals surface area contributed by atoms with E-state index in [2.05, 4.69) is 25.1 Å². The van der Waals surface area contributed by atoms with Gasteiger partial charge in [-0.1, -0.05) is 23.2 Å². The van der Waals surface area contributed by atoms with Crippen LogP contribution in [-0.4, -0.2) is 39.2 Å². The SMILES string of the molecule is CN=C(NCCCCC(=O)OC)NCc1cc(Cl)cc(Cl)c1OC(F)F. The van der Waals surface area contributed by atoms with E-state index in [1.165, 1.54) is 19.2 Å². The van der Waals surface area contributed by atoms with Gasteiger partial charge in [0.15, 0.2) is 5.96 Å². The summed E-state index contributed by atoms with van der Waals surface area (Å²) < 4.78 is 34.2. The predicted octanol–water partition coefficient (Wildman–Crippen LogP) is 3.60. The molecular formula is C16H21Cl2F2N3O3. The van der Waals surface area contributed by atoms with Gasteiger partial charge in [0.05, 0.1) is 12.1 Å². The van der Waals surface area contributed by atoms with E-state index in [1.807, 2.05) is 0 Å². The van der Waals surface area contributed by atoms with Gasteiger partial charge in [-0.3, -0.25) is 9.79 Å². The monoisotopic (exact) mass is 411 g/mol. The molecular weight excluding hydrogens is 391 g/mol. The molecule has 0 aliphatic carbocycles. The highest BCUT2D eigenvalue weighted by atomic mass is 35.5. The number of hydrogen-bond donors (Lipinski definition) is 2. The zero-order chi connectivity index (χ0) is 19.5. The summed E-state index contributed by atoms with van der Waals surface area (Å²) in [5.74, 6) is 0.0752. The Bertz CT molecular complexity index is 631. The van der Waals surface area contributed by atoms with Crippen LogP contribution >= 0.6 is 23.2 Å². The lowest BCUT2D eigenvalue weighted by atomic mass is 10.2. The normalized spacial score (nSPS) is 11.4. The van der Waals surface area contributed by atoms with E-state index >= 15 is 0 Å². The fraction of sp³-hybridized carbons (Fsp3) is 0.500. The first kappa shape index (κ1) is 22.2. The molecule has 0 amide bonds. The zero-order valence-electron chi connectivity index (χ0n) is 14.5. The summed E-state index contributed by atoms with van der Waals surface area (Å²) in [7, 11) is 2.92. The maximum absolute atomic E-state index is 12.6. The van der Waals surface area contributed by atoms with E-state index in [0.29, 0.717) is 35.9 Å². The van der Waals surface area contributed by atoms with Gasteiger partial charge in [0.25, 0.3) is 0 Å². The average molecular weight is 412 g/mol. The first-order valence-electron chi connectivity index (χ1n) is 7.81. The van der Waals surface area contributed by atoms with Crippen molar-refractivity contribution in [2.75, 3.05) is 20.7 Å². The molecule has 0 fully saturated rings. The quantitative estimate of drug-likeness (QED) is 0.281. The smallest absolute Gasteiger partial charge is 0.387 e. The number of alkyl halides is 2. The molecule has 1 rings (SSSR count). The van der Waals surface area contributed by atoms with Crippen LogP contribution in [0.2, 0.25) is 10.0 Å². The van der Waals surface area contributed by atoms with Crippen molar-refractivity contribution in [3.05, 3.63) is 27.7 Å². The average Bonchev–Trinajstić information content (AvgIpc) is 2.59. The van der Waals surface area contributed by atoms with Crippen molar-refractivity contribution in [1.82, 2.24) is 10.6 Å². The number of unbranched alkanes of at least 4 members (excludes halogenated alkanes) is 1. The number of hydrogen-bond acceptors (Lipinski definition) is 4. The van der Waals surface area contributed by atoms with Crippen LogP contribution in [0, 0.1) is 0 Å². The van der Waals surface area contributed by atoms with Gasteiger partial charge in [-0.05, 0) is 25.0 Å². The standard InChI is InChI=1S/C16H21Cl2F2N3O3/c1-21-16(22-6-4-3-5-13(24)25-2)23-9-10-7-11(17)8-12(18)14(10)26-15(19)20/h7-8,15H,3-6,9H2,1-2H3,(H2,21,22,23). The van der Waals surface area contributed by atoms with Gasteiger partial charge < -0.3 is 20.1 Å². The second kappa shape index (κ2) is 11.7. The summed E-state index contributed by atoms with van der Waals surface area (Å²) in [5.41, 5.74) is 0.372. The maximum atomic E-state index is 12.6. The summed E-state index contributed by atoms with van der Waals surface area (Å²) in [5, 5.41) is 6.33. The minimum Gasteiger partial charge on any atom is -0.469 e. The van der Waals surface area contributed by atoms with Gasteiger partial charge in [0.1, 0.15) is 5.75 Å². The molecule has 0 saturated heterocycles. The molecule has 10 heteroatoms. The molecule has 0 aliphatic rings. The highest BCUT2D eigenvalue weighted by Crippen LogP contribution is 2.33. The Morgan fingerprint density at radius 2 is 2.00 bits per heavy atom. The number of halogens is 4. The van der Waals surface area contributed by atoms with Crippen molar-refractivity contribution in [2.45, 2.75) is 32.4 Å². The number of ether oxygens (including phenoxy) is 2. The molecule has 2 N–H and O–H groups in total. The summed E-state index contributed by atoms with van der Waals surface area (Å²) in [6.45, 7) is -2.29. The predicted molar refractivity (Wildman–Crippen MR) is 97.2 cm³/mol. The third-order valence-electron chi connectivity index (χ3n) is 3.29. The number of nitrogens with one attached hydrogen (secondary N) is 2. The molecule has 0 aromatic heterocycles. The number of carbonyl (C=O) groups is 1. The lowest BCUT2D eigenvalue weighted by Gasteiger charge is -2.16. The molecule has 0 spiro atoms. The van der Waals surface area contributed by atoms with Crippen LogP contribution in [0.25, 0.3) is 0 Å². The van der Waals surface area contributed by atoms with E-state index in [0.717, 1.165) is 6.42 Å². The van der Waals surface area contributed by atoms with Crippen LogP contribution in [0.4, 0.5) is 8.78 Å². The maximum Gasteiger partial charge on any atom is 0.387 e. The molecule has 0 radical (unpaired) electrons. The van der Waals surface area contributed by atoms with Crippen molar-refractivity contribution < 1.29 is 23.0 Å². The van der Waals surface area contributed by atoms with Crippen LogP contribution < -0.4 is 15.4 Å². The number of rotatable bonds is 9. The fourth-order valence-corrected chi connectivity index (χ4v) is 2.65. The summed E-state index contributed by atoms with van der Waals surface area (Å²) in [4.78, 5) is 15.1. The first-order valence-corrected chi connectivity index (χ1v) is 8.57. The summed E-state index contributed by atoms with van der Waals surface area (Å²) in [6.07, 6.45) is 1.75. The van der Waals surface area contributed by atoms with E-state index in [1.54, 1.807) is 7.05 Å². The molecule has 0 atom stereocenters. The highest BCUT2D eigenvalue weighted by Gasteiger charge is 2.15. The molecule has 1 aromatic carbocycles. The number of aliphatic imine (C=N–C) groups is 1. The Labute approximate surface area is 160 Å². The molecule has 0 heterocycles. The molecule has 146 valence electrons. The molecule has 0 unspecified atom stereocenters. The lowest BCUT2D eigenvalue weighted by molar-refractivity contribution is -0.140. The Morgan fingerprint density at radius 1 is 1.27 bits per heavy atom. The molecule has 26 heavy (non-hydrogen) atoms. The summed E-state index contributed by atoms with van der Waals surface area (Å²) >= 11 is 11.9. The van der Waals surface area contributed by atoms with Crippen LogP contribution in [-0.2, 0) is 16.1 Å². The van der Waals surface area contributed by atoms with Crippen LogP contribution in [0.1, 0.15) is 24.8 Å². The van der Waals surface area contributed by atoms with Gasteiger partial charge in [0, 0.05) is 37.1 Å². The second-order valence-electron chi connectivity index (χ2n) is 5.14. The number of guanidine groups is 1. The van der Waals surface area contributed by atoms with Crippen molar-refractivity contribution in [1.29, 1.82) is 0 Å². The highest BCUT2D eigenvalue weighted by molar-refractivity contribution is 6.35. The van der Waals surface area contributed by atoms with Gasteiger partial charge in [-0.25, -0.2) is 0 Å². The number of nitrogens with zero attached hydrogens (tertiary/aromatic N) is 1. The van der Waals surface area contributed by atoms with E-state index in [9.17, 15) is 13.6 Å². The van der Waals surface area contributed by atoms with Gasteiger partial charge in [-0.2, -0.15) is 8.78 Å². The van der Waals surface area contributed by atoms with Crippen molar-refractivity contribution >= 4 is 35.1 Å². The lowest BCUT2D eigenvalue weighted by Crippen LogP contribution is -2.37. The number of esters is 1. The zero-order valence-corrected chi connectivity index (χ0v) is 16.0. The Balaban J connectivity index is 2.56. The molecule has 0 bridgehead atoms. The summed E-state index contributed by atoms with van der Waals surface area (Å²) in [6, 6.07) is 2.82. The number of benzene rings is 1. The second-order valence-corrected chi connectivity index (χ2v) is 5.98. The van der Waals surface area contributed by atoms with Gasteiger partial charge in [0.2, 0.25) is 0 Å². The minimum absolute atomic E-state index is 0.000330. The largest absolute Gasteiger partial charge is 0.469 e. The van der Waals surface area contributed by atoms with Crippen molar-refractivity contribution in [2.24, 2.45) is 4.99 Å². The van der Waals surface area contributed by atoms with E-state index in [-0.39, 0.29) is 23.3 Å². The Kier molecular flexibility index (Phi) is 10.0. The van der Waals surface area contributed by atoms with Crippen LogP contribution in [0.15, 0.2) is 17.1 Å². The number of methoxy groups -OCH3 is 1. The molecule has 6 nitrogen and oxygen atoms in total. The van der Waals surface area contributed by atoms with Crippen LogP contribution in [0.3, 0.4) is 0 Å². The molecule has 1 aromatic rings. The van der Waals surface area contributed by atoms with E-state index < -0.39 is 6.61 Å². The fourth-order valence-electron chi connectivity index (χ4n) is 2.07. The third kappa shape index (κ3) is 8.05. The topological polar surface area (TPSA) is 72.0 Å². The molecule has 0 saturated carbocycles.